The number of rotatable bonds is 5. The smallest absolute Gasteiger partial charge is 0.246 e. The van der Waals surface area contributed by atoms with Gasteiger partial charge in [0.15, 0.2) is 0 Å². The molecule has 1 amide bonds. The molecule has 0 N–H and O–H groups in total. The van der Waals surface area contributed by atoms with Crippen LogP contribution in [-0.2, 0) is 11.3 Å². The molecule has 2 aromatic rings. The Morgan fingerprint density at radius 1 is 1.32 bits per heavy atom. The number of amides is 1. The van der Waals surface area contributed by atoms with Crippen LogP contribution in [-0.4, -0.2) is 25.0 Å². The predicted octanol–water partition coefficient (Wildman–Crippen LogP) is 4.05. The van der Waals surface area contributed by atoms with Crippen molar-refractivity contribution in [2.75, 3.05) is 14.2 Å². The summed E-state index contributed by atoms with van der Waals surface area (Å²) in [5.74, 6) is 0.791. The van der Waals surface area contributed by atoms with E-state index in [1.807, 2.05) is 37.4 Å². The van der Waals surface area contributed by atoms with Gasteiger partial charge in [-0.3, -0.25) is 4.79 Å². The topological polar surface area (TPSA) is 29.5 Å². The number of methoxy groups -OCH3 is 1. The van der Waals surface area contributed by atoms with Crippen LogP contribution >= 0.6 is 11.3 Å². The molecule has 0 saturated carbocycles. The number of carbonyl (C=O) groups is 1. The average molecular weight is 315 g/mol. The van der Waals surface area contributed by atoms with Crippen molar-refractivity contribution in [2.24, 2.45) is 0 Å². The van der Waals surface area contributed by atoms with E-state index in [0.29, 0.717) is 6.54 Å². The molecule has 0 fully saturated rings. The molecule has 0 spiro atoms. The minimum absolute atomic E-state index is 0.0173. The van der Waals surface area contributed by atoms with Gasteiger partial charge in [-0.05, 0) is 43.0 Å². The lowest BCUT2D eigenvalue weighted by Gasteiger charge is -2.17. The van der Waals surface area contributed by atoms with E-state index in [4.69, 9.17) is 4.74 Å². The molecule has 1 aromatic heterocycles. The first-order valence-corrected chi connectivity index (χ1v) is 8.00. The molecule has 0 radical (unpaired) electrons. The highest BCUT2D eigenvalue weighted by atomic mass is 32.1. The summed E-state index contributed by atoms with van der Waals surface area (Å²) >= 11 is 1.64. The zero-order valence-electron chi connectivity index (χ0n) is 13.4. The molecule has 0 aliphatic carbocycles. The maximum atomic E-state index is 12.2. The number of carbonyl (C=O) groups excluding carboxylic acids is 1. The first-order valence-electron chi connectivity index (χ1n) is 7.12. The number of nitrogens with zero attached hydrogens (tertiary/aromatic N) is 1. The van der Waals surface area contributed by atoms with E-state index >= 15 is 0 Å². The lowest BCUT2D eigenvalue weighted by molar-refractivity contribution is -0.125. The molecule has 0 unspecified atom stereocenters. The van der Waals surface area contributed by atoms with E-state index in [-0.39, 0.29) is 5.91 Å². The van der Waals surface area contributed by atoms with E-state index in [1.54, 1.807) is 36.5 Å². The van der Waals surface area contributed by atoms with Gasteiger partial charge < -0.3 is 9.64 Å². The van der Waals surface area contributed by atoms with Gasteiger partial charge in [0.25, 0.3) is 0 Å². The largest absolute Gasteiger partial charge is 0.496 e. The molecule has 0 aliphatic heterocycles. The highest BCUT2D eigenvalue weighted by Gasteiger charge is 2.10. The predicted molar refractivity (Wildman–Crippen MR) is 92.3 cm³/mol. The summed E-state index contributed by atoms with van der Waals surface area (Å²) in [4.78, 5) is 15.1. The van der Waals surface area contributed by atoms with Crippen molar-refractivity contribution in [3.8, 4) is 5.75 Å². The zero-order valence-corrected chi connectivity index (χ0v) is 14.2. The van der Waals surface area contributed by atoms with Crippen LogP contribution in [0.4, 0.5) is 0 Å². The Bertz CT molecular complexity index is 688. The highest BCUT2D eigenvalue weighted by Crippen LogP contribution is 2.21. The number of ether oxygens (including phenoxy) is 1. The van der Waals surface area contributed by atoms with Gasteiger partial charge in [-0.1, -0.05) is 17.7 Å². The van der Waals surface area contributed by atoms with Crippen LogP contribution in [0.25, 0.3) is 6.08 Å². The van der Waals surface area contributed by atoms with E-state index in [9.17, 15) is 4.79 Å². The Balaban J connectivity index is 2.07. The third-order valence-electron chi connectivity index (χ3n) is 3.50. The van der Waals surface area contributed by atoms with Crippen molar-refractivity contribution in [1.29, 1.82) is 0 Å². The molecular formula is C18H21NO2S. The van der Waals surface area contributed by atoms with E-state index in [0.717, 1.165) is 21.8 Å². The van der Waals surface area contributed by atoms with Gasteiger partial charge in [0.2, 0.25) is 5.91 Å². The third-order valence-corrected chi connectivity index (χ3v) is 4.48. The van der Waals surface area contributed by atoms with Gasteiger partial charge in [0.05, 0.1) is 7.11 Å². The van der Waals surface area contributed by atoms with Crippen LogP contribution in [0.15, 0.2) is 35.7 Å². The minimum atomic E-state index is -0.0173. The van der Waals surface area contributed by atoms with Crippen molar-refractivity contribution < 1.29 is 9.53 Å². The number of likely N-dealkylation sites (N-methyl/N-ethyl adjacent to an activating group) is 1. The van der Waals surface area contributed by atoms with Crippen LogP contribution in [0, 0.1) is 13.8 Å². The third kappa shape index (κ3) is 3.98. The summed E-state index contributed by atoms with van der Waals surface area (Å²) < 4.78 is 5.36. The normalized spacial score (nSPS) is 10.9. The summed E-state index contributed by atoms with van der Waals surface area (Å²) in [6, 6.07) is 8.04. The number of benzene rings is 1. The number of aryl methyl sites for hydroxylation is 2. The van der Waals surface area contributed by atoms with Gasteiger partial charge in [-0.25, -0.2) is 0 Å². The maximum absolute atomic E-state index is 12.2. The van der Waals surface area contributed by atoms with Gasteiger partial charge in [0, 0.05) is 30.1 Å². The number of hydrogen-bond donors (Lipinski definition) is 0. The minimum Gasteiger partial charge on any atom is -0.496 e. The Labute approximate surface area is 135 Å². The second-order valence-corrected chi connectivity index (χ2v) is 6.26. The van der Waals surface area contributed by atoms with Gasteiger partial charge in [-0.2, -0.15) is 0 Å². The molecule has 22 heavy (non-hydrogen) atoms. The summed E-state index contributed by atoms with van der Waals surface area (Å²) in [6.07, 6.45) is 3.51. The fourth-order valence-electron chi connectivity index (χ4n) is 2.19. The van der Waals surface area contributed by atoms with Crippen molar-refractivity contribution in [3.63, 3.8) is 0 Å². The Hall–Kier alpha value is -2.07. The fraction of sp³-hybridized carbons (Fsp3) is 0.278. The molecule has 116 valence electrons. The van der Waals surface area contributed by atoms with Crippen LogP contribution in [0.1, 0.15) is 21.6 Å². The number of hydrogen-bond acceptors (Lipinski definition) is 3. The van der Waals surface area contributed by atoms with Crippen molar-refractivity contribution >= 4 is 23.3 Å². The lowest BCUT2D eigenvalue weighted by atomic mass is 10.1. The zero-order chi connectivity index (χ0) is 16.1. The molecule has 0 saturated heterocycles. The molecule has 4 heteroatoms. The van der Waals surface area contributed by atoms with Crippen molar-refractivity contribution in [2.45, 2.75) is 20.4 Å². The Kier molecular flexibility index (Phi) is 5.39. The molecule has 1 aromatic carbocycles. The van der Waals surface area contributed by atoms with Crippen molar-refractivity contribution in [1.82, 2.24) is 4.90 Å². The molecule has 2 rings (SSSR count). The Morgan fingerprint density at radius 3 is 2.73 bits per heavy atom. The van der Waals surface area contributed by atoms with Gasteiger partial charge in [0.1, 0.15) is 5.75 Å². The second-order valence-electron chi connectivity index (χ2n) is 5.31. The van der Waals surface area contributed by atoms with E-state index in [1.165, 1.54) is 5.56 Å². The fourth-order valence-corrected chi connectivity index (χ4v) is 3.01. The first kappa shape index (κ1) is 16.3. The number of thiophene rings is 1. The molecule has 0 aliphatic rings. The van der Waals surface area contributed by atoms with Crippen LogP contribution in [0.3, 0.4) is 0 Å². The standard InChI is InChI=1S/C18H21NO2S/c1-13-5-6-16(21-4)15(11-13)12-19(3)18(20)8-7-17-14(2)9-10-22-17/h5-11H,12H2,1-4H3/b8-7+. The monoisotopic (exact) mass is 315 g/mol. The van der Waals surface area contributed by atoms with E-state index < -0.39 is 0 Å². The van der Waals surface area contributed by atoms with E-state index in [2.05, 4.69) is 12.1 Å². The molecule has 0 bridgehead atoms. The SMILES string of the molecule is COc1ccc(C)cc1CN(C)C(=O)/C=C/c1sccc1C. The second kappa shape index (κ2) is 7.27. The average Bonchev–Trinajstić information content (AvgIpc) is 2.90. The molecule has 0 atom stereocenters. The maximum Gasteiger partial charge on any atom is 0.246 e. The van der Waals surface area contributed by atoms with Gasteiger partial charge in [-0.15, -0.1) is 11.3 Å². The lowest BCUT2D eigenvalue weighted by Crippen LogP contribution is -2.24. The quantitative estimate of drug-likeness (QED) is 0.779. The van der Waals surface area contributed by atoms with Crippen LogP contribution in [0.2, 0.25) is 0 Å². The molecule has 3 nitrogen and oxygen atoms in total. The van der Waals surface area contributed by atoms with Crippen molar-refractivity contribution in [3.05, 3.63) is 57.3 Å². The van der Waals surface area contributed by atoms with Crippen LogP contribution < -0.4 is 4.74 Å². The summed E-state index contributed by atoms with van der Waals surface area (Å²) in [7, 11) is 3.45. The highest BCUT2D eigenvalue weighted by molar-refractivity contribution is 7.11. The summed E-state index contributed by atoms with van der Waals surface area (Å²) in [5, 5.41) is 2.03. The molecular weight excluding hydrogens is 294 g/mol. The Morgan fingerprint density at radius 2 is 2.09 bits per heavy atom. The first-order chi connectivity index (χ1) is 10.5. The van der Waals surface area contributed by atoms with Crippen LogP contribution in [0.5, 0.6) is 5.75 Å². The summed E-state index contributed by atoms with van der Waals surface area (Å²) in [6.45, 7) is 4.60. The molecule has 1 heterocycles. The summed E-state index contributed by atoms with van der Waals surface area (Å²) in [5.41, 5.74) is 3.36. The van der Waals surface area contributed by atoms with Gasteiger partial charge >= 0.3 is 0 Å².